The van der Waals surface area contributed by atoms with Crippen LogP contribution in [0.3, 0.4) is 0 Å². The molecule has 1 saturated carbocycles. The molecule has 2 rings (SSSR count). The fourth-order valence-corrected chi connectivity index (χ4v) is 3.72. The molecule has 1 saturated heterocycles. The standard InChI is InChI=1S/C16H29NO2/c1-16(2,15(18)19)13-8-7-11-17(12-13)14-9-5-3-4-6-10-14/h13-14H,3-12H2,1-2H3,(H,18,19). The average Bonchev–Trinajstić information content (AvgIpc) is 2.67. The van der Waals surface area contributed by atoms with Gasteiger partial charge in [-0.05, 0) is 52.0 Å². The summed E-state index contributed by atoms with van der Waals surface area (Å²) in [5.41, 5.74) is -0.580. The van der Waals surface area contributed by atoms with Crippen LogP contribution in [0.5, 0.6) is 0 Å². The summed E-state index contributed by atoms with van der Waals surface area (Å²) in [5.74, 6) is -0.331. The van der Waals surface area contributed by atoms with E-state index in [2.05, 4.69) is 4.90 Å². The third kappa shape index (κ3) is 3.50. The highest BCUT2D eigenvalue weighted by atomic mass is 16.4. The third-order valence-electron chi connectivity index (χ3n) is 5.37. The number of carbonyl (C=O) groups is 1. The van der Waals surface area contributed by atoms with Gasteiger partial charge >= 0.3 is 5.97 Å². The van der Waals surface area contributed by atoms with Crippen molar-refractivity contribution in [3.63, 3.8) is 0 Å². The van der Waals surface area contributed by atoms with Gasteiger partial charge in [-0.3, -0.25) is 4.79 Å². The summed E-state index contributed by atoms with van der Waals surface area (Å²) < 4.78 is 0. The lowest BCUT2D eigenvalue weighted by atomic mass is 9.74. The van der Waals surface area contributed by atoms with Gasteiger partial charge in [0.05, 0.1) is 5.41 Å². The largest absolute Gasteiger partial charge is 0.481 e. The van der Waals surface area contributed by atoms with Crippen molar-refractivity contribution < 1.29 is 9.90 Å². The van der Waals surface area contributed by atoms with Crippen LogP contribution in [0.2, 0.25) is 0 Å². The minimum Gasteiger partial charge on any atom is -0.481 e. The third-order valence-corrected chi connectivity index (χ3v) is 5.37. The number of carboxylic acid groups (broad SMARTS) is 1. The lowest BCUT2D eigenvalue weighted by Gasteiger charge is -2.42. The molecule has 110 valence electrons. The Hall–Kier alpha value is -0.570. The van der Waals surface area contributed by atoms with Crippen LogP contribution < -0.4 is 0 Å². The predicted molar refractivity (Wildman–Crippen MR) is 77.2 cm³/mol. The number of carboxylic acids is 1. The highest BCUT2D eigenvalue weighted by molar-refractivity contribution is 5.74. The highest BCUT2D eigenvalue weighted by Gasteiger charge is 2.40. The Labute approximate surface area is 117 Å². The van der Waals surface area contributed by atoms with Crippen molar-refractivity contribution in [3.05, 3.63) is 0 Å². The first-order chi connectivity index (χ1) is 9.01. The minimum absolute atomic E-state index is 0.307. The molecule has 0 aromatic carbocycles. The van der Waals surface area contributed by atoms with Crippen molar-refractivity contribution in [1.82, 2.24) is 4.90 Å². The first-order valence-electron chi connectivity index (χ1n) is 7.99. The van der Waals surface area contributed by atoms with Crippen LogP contribution in [0.1, 0.15) is 65.2 Å². The number of hydrogen-bond donors (Lipinski definition) is 1. The fourth-order valence-electron chi connectivity index (χ4n) is 3.72. The van der Waals surface area contributed by atoms with Crippen molar-refractivity contribution in [2.24, 2.45) is 11.3 Å². The molecule has 1 N–H and O–H groups in total. The number of likely N-dealkylation sites (tertiary alicyclic amines) is 1. The van der Waals surface area contributed by atoms with Crippen LogP contribution in [0, 0.1) is 11.3 Å². The molecule has 0 aromatic heterocycles. The van der Waals surface area contributed by atoms with E-state index < -0.39 is 11.4 Å². The topological polar surface area (TPSA) is 40.5 Å². The van der Waals surface area contributed by atoms with Gasteiger partial charge in [-0.15, -0.1) is 0 Å². The van der Waals surface area contributed by atoms with Crippen molar-refractivity contribution >= 4 is 5.97 Å². The Morgan fingerprint density at radius 1 is 1.05 bits per heavy atom. The fraction of sp³-hybridized carbons (Fsp3) is 0.938. The molecule has 2 fully saturated rings. The van der Waals surface area contributed by atoms with E-state index in [-0.39, 0.29) is 0 Å². The molecule has 0 bridgehead atoms. The normalized spacial score (nSPS) is 28.0. The Balaban J connectivity index is 1.98. The van der Waals surface area contributed by atoms with E-state index in [1.165, 1.54) is 45.1 Å². The molecule has 1 aliphatic carbocycles. The summed E-state index contributed by atoms with van der Waals surface area (Å²) in [5, 5.41) is 9.42. The van der Waals surface area contributed by atoms with Crippen LogP contribution in [-0.4, -0.2) is 35.1 Å². The maximum absolute atomic E-state index is 11.4. The van der Waals surface area contributed by atoms with E-state index in [1.54, 1.807) is 0 Å². The maximum atomic E-state index is 11.4. The lowest BCUT2D eigenvalue weighted by Crippen LogP contribution is -2.48. The second-order valence-corrected chi connectivity index (χ2v) is 7.01. The van der Waals surface area contributed by atoms with Crippen LogP contribution in [0.25, 0.3) is 0 Å². The van der Waals surface area contributed by atoms with E-state index in [1.807, 2.05) is 13.8 Å². The molecule has 1 heterocycles. The molecule has 0 radical (unpaired) electrons. The molecule has 19 heavy (non-hydrogen) atoms. The summed E-state index contributed by atoms with van der Waals surface area (Å²) in [6, 6.07) is 0.717. The molecular formula is C16H29NO2. The molecule has 3 nitrogen and oxygen atoms in total. The second kappa shape index (κ2) is 6.25. The van der Waals surface area contributed by atoms with E-state index >= 15 is 0 Å². The number of hydrogen-bond acceptors (Lipinski definition) is 2. The van der Waals surface area contributed by atoms with Crippen LogP contribution in [0.15, 0.2) is 0 Å². The molecule has 0 aromatic rings. The van der Waals surface area contributed by atoms with Crippen molar-refractivity contribution in [1.29, 1.82) is 0 Å². The summed E-state index contributed by atoms with van der Waals surface area (Å²) in [6.07, 6.45) is 10.4. The Kier molecular flexibility index (Phi) is 4.88. The number of aliphatic carboxylic acids is 1. The van der Waals surface area contributed by atoms with Gasteiger partial charge in [0.1, 0.15) is 0 Å². The van der Waals surface area contributed by atoms with Crippen molar-refractivity contribution in [3.8, 4) is 0 Å². The van der Waals surface area contributed by atoms with Gasteiger partial charge in [0.2, 0.25) is 0 Å². The van der Waals surface area contributed by atoms with Gasteiger partial charge in [-0.1, -0.05) is 25.7 Å². The molecule has 2 aliphatic rings. The van der Waals surface area contributed by atoms with Gasteiger partial charge < -0.3 is 10.0 Å². The van der Waals surface area contributed by atoms with Gasteiger partial charge in [0.25, 0.3) is 0 Å². The second-order valence-electron chi connectivity index (χ2n) is 7.01. The summed E-state index contributed by atoms with van der Waals surface area (Å²) in [7, 11) is 0. The molecule has 0 amide bonds. The zero-order valence-corrected chi connectivity index (χ0v) is 12.5. The van der Waals surface area contributed by atoms with E-state index in [9.17, 15) is 9.90 Å². The number of piperidine rings is 1. The van der Waals surface area contributed by atoms with E-state index in [0.29, 0.717) is 5.92 Å². The smallest absolute Gasteiger partial charge is 0.309 e. The zero-order chi connectivity index (χ0) is 13.9. The van der Waals surface area contributed by atoms with Crippen molar-refractivity contribution in [2.75, 3.05) is 13.1 Å². The molecule has 1 atom stereocenters. The molecule has 1 unspecified atom stereocenters. The summed E-state index contributed by atoms with van der Waals surface area (Å²) >= 11 is 0. The van der Waals surface area contributed by atoms with E-state index in [4.69, 9.17) is 0 Å². The molecular weight excluding hydrogens is 238 g/mol. The summed E-state index contributed by atoms with van der Waals surface area (Å²) in [4.78, 5) is 14.0. The lowest BCUT2D eigenvalue weighted by molar-refractivity contribution is -0.151. The van der Waals surface area contributed by atoms with Crippen LogP contribution >= 0.6 is 0 Å². The average molecular weight is 267 g/mol. The van der Waals surface area contributed by atoms with Crippen LogP contribution in [0.4, 0.5) is 0 Å². The number of rotatable bonds is 3. The zero-order valence-electron chi connectivity index (χ0n) is 12.5. The summed E-state index contributed by atoms with van der Waals surface area (Å²) in [6.45, 7) is 5.97. The Bertz CT molecular complexity index is 306. The van der Waals surface area contributed by atoms with Gasteiger partial charge in [-0.25, -0.2) is 0 Å². The minimum atomic E-state index is -0.639. The van der Waals surface area contributed by atoms with Crippen molar-refractivity contribution in [2.45, 2.75) is 71.3 Å². The highest BCUT2D eigenvalue weighted by Crippen LogP contribution is 2.36. The van der Waals surface area contributed by atoms with Gasteiger partial charge in [0.15, 0.2) is 0 Å². The van der Waals surface area contributed by atoms with E-state index in [0.717, 1.165) is 25.4 Å². The van der Waals surface area contributed by atoms with Crippen LogP contribution in [-0.2, 0) is 4.79 Å². The van der Waals surface area contributed by atoms with Gasteiger partial charge in [0, 0.05) is 12.6 Å². The maximum Gasteiger partial charge on any atom is 0.309 e. The molecule has 0 spiro atoms. The van der Waals surface area contributed by atoms with Gasteiger partial charge in [-0.2, -0.15) is 0 Å². The SMILES string of the molecule is CC(C)(C(=O)O)C1CCCN(C2CCCCCC2)C1. The Morgan fingerprint density at radius 2 is 1.68 bits per heavy atom. The molecule has 3 heteroatoms. The monoisotopic (exact) mass is 267 g/mol. The Morgan fingerprint density at radius 3 is 2.26 bits per heavy atom. The first-order valence-corrected chi connectivity index (χ1v) is 7.99. The first kappa shape index (κ1) is 14.8. The molecule has 1 aliphatic heterocycles. The predicted octanol–water partition coefficient (Wildman–Crippen LogP) is 3.53. The number of nitrogens with zero attached hydrogens (tertiary/aromatic N) is 1. The quantitative estimate of drug-likeness (QED) is 0.795.